The molecule has 2 N–H and O–H groups in total. The Hall–Kier alpha value is -1.55. The lowest BCUT2D eigenvalue weighted by Gasteiger charge is -2.32. The first-order valence-corrected chi connectivity index (χ1v) is 8.04. The lowest BCUT2D eigenvalue weighted by Crippen LogP contribution is -2.40. The van der Waals surface area contributed by atoms with Gasteiger partial charge in [-0.15, -0.1) is 0 Å². The van der Waals surface area contributed by atoms with Gasteiger partial charge >= 0.3 is 0 Å². The van der Waals surface area contributed by atoms with E-state index in [4.69, 9.17) is 5.73 Å². The Balaban J connectivity index is 1.68. The van der Waals surface area contributed by atoms with Gasteiger partial charge in [-0.05, 0) is 57.5 Å². The molecule has 0 spiro atoms. The van der Waals surface area contributed by atoms with Crippen LogP contribution in [0.25, 0.3) is 0 Å². The number of benzene rings is 1. The second-order valence-electron chi connectivity index (χ2n) is 6.31. The van der Waals surface area contributed by atoms with Gasteiger partial charge in [-0.25, -0.2) is 0 Å². The van der Waals surface area contributed by atoms with Gasteiger partial charge in [-0.3, -0.25) is 9.69 Å². The van der Waals surface area contributed by atoms with E-state index in [-0.39, 0.29) is 5.78 Å². The largest absolute Gasteiger partial charge is 0.398 e. The molecule has 3 rings (SSSR count). The molecule has 0 saturated carbocycles. The number of piperidine rings is 1. The predicted octanol–water partition coefficient (Wildman–Crippen LogP) is 2.54. The van der Waals surface area contributed by atoms with Crippen molar-refractivity contribution in [1.82, 2.24) is 4.90 Å². The average Bonchev–Trinajstić information content (AvgIpc) is 2.97. The molecule has 2 heterocycles. The molecule has 2 aliphatic heterocycles. The topological polar surface area (TPSA) is 49.6 Å². The summed E-state index contributed by atoms with van der Waals surface area (Å²) in [5.41, 5.74) is 8.39. The minimum Gasteiger partial charge on any atom is -0.398 e. The van der Waals surface area contributed by atoms with E-state index in [0.717, 1.165) is 18.8 Å². The molecule has 114 valence electrons. The van der Waals surface area contributed by atoms with Crippen molar-refractivity contribution in [1.29, 1.82) is 0 Å². The number of hydrogen-bond donors (Lipinski definition) is 1. The van der Waals surface area contributed by atoms with E-state index < -0.39 is 0 Å². The van der Waals surface area contributed by atoms with E-state index in [9.17, 15) is 4.79 Å². The second-order valence-corrected chi connectivity index (χ2v) is 6.31. The summed E-state index contributed by atoms with van der Waals surface area (Å²) in [6, 6.07) is 6.53. The first-order valence-electron chi connectivity index (χ1n) is 8.04. The van der Waals surface area contributed by atoms with E-state index >= 15 is 0 Å². The molecule has 1 unspecified atom stereocenters. The maximum absolute atomic E-state index is 11.5. The number of carbonyl (C=O) groups is 1. The van der Waals surface area contributed by atoms with E-state index in [1.807, 2.05) is 18.2 Å². The molecule has 1 atom stereocenters. The minimum atomic E-state index is 0.0339. The van der Waals surface area contributed by atoms with Crippen LogP contribution in [-0.4, -0.2) is 42.9 Å². The molecule has 0 aromatic heterocycles. The lowest BCUT2D eigenvalue weighted by atomic mass is 10.1. The van der Waals surface area contributed by atoms with Crippen LogP contribution in [0.2, 0.25) is 0 Å². The zero-order chi connectivity index (χ0) is 14.8. The van der Waals surface area contributed by atoms with Gasteiger partial charge in [0.15, 0.2) is 5.78 Å². The Morgan fingerprint density at radius 1 is 1.19 bits per heavy atom. The van der Waals surface area contributed by atoms with E-state index in [2.05, 4.69) is 9.80 Å². The summed E-state index contributed by atoms with van der Waals surface area (Å²) < 4.78 is 0. The van der Waals surface area contributed by atoms with Crippen molar-refractivity contribution in [2.45, 2.75) is 38.6 Å². The first-order chi connectivity index (χ1) is 10.1. The smallest absolute Gasteiger partial charge is 0.161 e. The van der Waals surface area contributed by atoms with Crippen LogP contribution >= 0.6 is 0 Å². The highest BCUT2D eigenvalue weighted by Crippen LogP contribution is 2.27. The predicted molar refractivity (Wildman–Crippen MR) is 86.9 cm³/mol. The zero-order valence-corrected chi connectivity index (χ0v) is 12.8. The van der Waals surface area contributed by atoms with Gasteiger partial charge in [0.25, 0.3) is 0 Å². The van der Waals surface area contributed by atoms with E-state index in [0.29, 0.717) is 17.3 Å². The third-order valence-electron chi connectivity index (χ3n) is 4.85. The standard InChI is InChI=1S/C17H25N3O/c1-13(21)16-6-5-14(11-17(16)18)20-10-7-15(12-20)19-8-3-2-4-9-19/h5-6,11,15H,2-4,7-10,12,18H2,1H3. The number of anilines is 2. The number of Topliss-reactive ketones (excluding diaryl/α,β-unsaturated/α-hetero) is 1. The van der Waals surface area contributed by atoms with Gasteiger partial charge in [0.2, 0.25) is 0 Å². The number of hydrogen-bond acceptors (Lipinski definition) is 4. The highest BCUT2D eigenvalue weighted by atomic mass is 16.1. The molecule has 1 aromatic rings. The molecule has 2 fully saturated rings. The highest BCUT2D eigenvalue weighted by Gasteiger charge is 2.28. The average molecular weight is 287 g/mol. The Labute approximate surface area is 126 Å². The van der Waals surface area contributed by atoms with Gasteiger partial charge < -0.3 is 10.6 Å². The monoisotopic (exact) mass is 287 g/mol. The number of nitrogens with zero attached hydrogens (tertiary/aromatic N) is 2. The van der Waals surface area contributed by atoms with Crippen molar-refractivity contribution in [3.63, 3.8) is 0 Å². The fraction of sp³-hybridized carbons (Fsp3) is 0.588. The summed E-state index contributed by atoms with van der Waals surface area (Å²) in [5, 5.41) is 0. The fourth-order valence-electron chi connectivity index (χ4n) is 3.63. The molecule has 0 bridgehead atoms. The summed E-state index contributed by atoms with van der Waals surface area (Å²) in [7, 11) is 0. The Morgan fingerprint density at radius 3 is 2.62 bits per heavy atom. The van der Waals surface area contributed by atoms with Crippen LogP contribution in [0.1, 0.15) is 43.0 Å². The third kappa shape index (κ3) is 3.05. The maximum Gasteiger partial charge on any atom is 0.161 e. The molecular weight excluding hydrogens is 262 g/mol. The van der Waals surface area contributed by atoms with Crippen LogP contribution < -0.4 is 10.6 Å². The van der Waals surface area contributed by atoms with Crippen LogP contribution in [0.4, 0.5) is 11.4 Å². The van der Waals surface area contributed by atoms with E-state index in [1.165, 1.54) is 38.8 Å². The quantitative estimate of drug-likeness (QED) is 0.685. The summed E-state index contributed by atoms with van der Waals surface area (Å²) in [6.07, 6.45) is 5.30. The summed E-state index contributed by atoms with van der Waals surface area (Å²) >= 11 is 0. The minimum absolute atomic E-state index is 0.0339. The van der Waals surface area contributed by atoms with Gasteiger partial charge in [0, 0.05) is 36.1 Å². The van der Waals surface area contributed by atoms with Gasteiger partial charge in [0.05, 0.1) is 0 Å². The Kier molecular flexibility index (Phi) is 4.15. The second kappa shape index (κ2) is 6.06. The number of rotatable bonds is 3. The Morgan fingerprint density at radius 2 is 1.95 bits per heavy atom. The molecule has 2 saturated heterocycles. The van der Waals surface area contributed by atoms with Gasteiger partial charge in [-0.1, -0.05) is 6.42 Å². The number of nitrogen functional groups attached to an aromatic ring is 1. The molecule has 0 amide bonds. The van der Waals surface area contributed by atoms with Gasteiger partial charge in [0.1, 0.15) is 0 Å². The third-order valence-corrected chi connectivity index (χ3v) is 4.85. The number of nitrogens with two attached hydrogens (primary N) is 1. The molecular formula is C17H25N3O. The Bertz CT molecular complexity index is 523. The molecule has 0 radical (unpaired) electrons. The van der Waals surface area contributed by atoms with Crippen molar-refractivity contribution in [3.8, 4) is 0 Å². The fourth-order valence-corrected chi connectivity index (χ4v) is 3.63. The summed E-state index contributed by atoms with van der Waals surface area (Å²) in [4.78, 5) is 16.5. The van der Waals surface area contributed by atoms with E-state index in [1.54, 1.807) is 6.92 Å². The number of carbonyl (C=O) groups excluding carboxylic acids is 1. The summed E-state index contributed by atoms with van der Waals surface area (Å²) in [5.74, 6) is 0.0339. The first kappa shape index (κ1) is 14.4. The van der Waals surface area contributed by atoms with Crippen molar-refractivity contribution >= 4 is 17.2 Å². The van der Waals surface area contributed by atoms with Gasteiger partial charge in [-0.2, -0.15) is 0 Å². The van der Waals surface area contributed by atoms with Crippen LogP contribution in [-0.2, 0) is 0 Å². The SMILES string of the molecule is CC(=O)c1ccc(N2CCC(N3CCCCC3)C2)cc1N. The zero-order valence-electron chi connectivity index (χ0n) is 12.8. The number of ketones is 1. The molecule has 4 heteroatoms. The van der Waals surface area contributed by atoms with Crippen LogP contribution in [0, 0.1) is 0 Å². The van der Waals surface area contributed by atoms with Crippen molar-refractivity contribution in [2.75, 3.05) is 36.8 Å². The van der Waals surface area contributed by atoms with Crippen molar-refractivity contribution < 1.29 is 4.79 Å². The lowest BCUT2D eigenvalue weighted by molar-refractivity contribution is 0.101. The van der Waals surface area contributed by atoms with Crippen LogP contribution in [0.3, 0.4) is 0 Å². The van der Waals surface area contributed by atoms with Crippen molar-refractivity contribution in [2.24, 2.45) is 0 Å². The molecule has 0 aliphatic carbocycles. The summed E-state index contributed by atoms with van der Waals surface area (Å²) in [6.45, 7) is 6.24. The molecule has 1 aromatic carbocycles. The highest BCUT2D eigenvalue weighted by molar-refractivity contribution is 5.99. The normalized spacial score (nSPS) is 23.5. The molecule has 21 heavy (non-hydrogen) atoms. The molecule has 4 nitrogen and oxygen atoms in total. The van der Waals surface area contributed by atoms with Crippen LogP contribution in [0.15, 0.2) is 18.2 Å². The molecule has 2 aliphatic rings. The van der Waals surface area contributed by atoms with Crippen molar-refractivity contribution in [3.05, 3.63) is 23.8 Å². The number of likely N-dealkylation sites (tertiary alicyclic amines) is 1. The van der Waals surface area contributed by atoms with Crippen LogP contribution in [0.5, 0.6) is 0 Å². The maximum atomic E-state index is 11.5.